The summed E-state index contributed by atoms with van der Waals surface area (Å²) in [6.45, 7) is 6.78. The first-order valence-electron chi connectivity index (χ1n) is 8.39. The Morgan fingerprint density at radius 3 is 2.75 bits per heavy atom. The average Bonchev–Trinajstić information content (AvgIpc) is 3.18. The van der Waals surface area contributed by atoms with Crippen LogP contribution in [0.25, 0.3) is 0 Å². The first kappa shape index (κ1) is 14.6. The van der Waals surface area contributed by atoms with Crippen molar-refractivity contribution in [3.8, 4) is 0 Å². The number of rotatable bonds is 6. The Balaban J connectivity index is 1.57. The van der Waals surface area contributed by atoms with E-state index < -0.39 is 0 Å². The summed E-state index contributed by atoms with van der Waals surface area (Å²) in [6.07, 6.45) is 8.77. The molecule has 20 heavy (non-hydrogen) atoms. The fraction of sp³-hybridized carbons (Fsp3) is 0.765. The minimum atomic E-state index is 0.886. The van der Waals surface area contributed by atoms with E-state index in [1.165, 1.54) is 56.5 Å². The first-order valence-corrected chi connectivity index (χ1v) is 9.21. The molecule has 2 nitrogen and oxygen atoms in total. The Labute approximate surface area is 127 Å². The van der Waals surface area contributed by atoms with Gasteiger partial charge in [-0.25, -0.2) is 0 Å². The molecule has 0 amide bonds. The molecule has 2 fully saturated rings. The molecule has 0 bridgehead atoms. The summed E-state index contributed by atoms with van der Waals surface area (Å²) in [6, 6.07) is 5.54. The Hall–Kier alpha value is -0.380. The Morgan fingerprint density at radius 1 is 1.15 bits per heavy atom. The SMILES string of the molecule is CCNCc1ccc(CN2CCCC2C2CCCC2)s1. The van der Waals surface area contributed by atoms with Crippen LogP contribution in [-0.4, -0.2) is 24.0 Å². The molecule has 0 spiro atoms. The van der Waals surface area contributed by atoms with E-state index in [4.69, 9.17) is 0 Å². The Bertz CT molecular complexity index is 409. The largest absolute Gasteiger partial charge is 0.312 e. The highest BCUT2D eigenvalue weighted by Crippen LogP contribution is 2.36. The zero-order chi connectivity index (χ0) is 13.8. The van der Waals surface area contributed by atoms with Crippen molar-refractivity contribution in [2.45, 2.75) is 64.6 Å². The van der Waals surface area contributed by atoms with Crippen LogP contribution in [0.15, 0.2) is 12.1 Å². The molecule has 1 unspecified atom stereocenters. The number of thiophene rings is 1. The third kappa shape index (κ3) is 3.44. The molecule has 1 saturated carbocycles. The minimum absolute atomic E-state index is 0.886. The normalized spacial score (nSPS) is 24.8. The van der Waals surface area contributed by atoms with Gasteiger partial charge in [-0.05, 0) is 56.8 Å². The molecule has 3 rings (SSSR count). The lowest BCUT2D eigenvalue weighted by Gasteiger charge is -2.28. The van der Waals surface area contributed by atoms with E-state index in [1.807, 2.05) is 11.3 Å². The molecule has 0 radical (unpaired) electrons. The second-order valence-electron chi connectivity index (χ2n) is 6.37. The minimum Gasteiger partial charge on any atom is -0.312 e. The van der Waals surface area contributed by atoms with Crippen LogP contribution >= 0.6 is 11.3 Å². The smallest absolute Gasteiger partial charge is 0.0331 e. The maximum absolute atomic E-state index is 3.42. The number of nitrogens with zero attached hydrogens (tertiary/aromatic N) is 1. The number of hydrogen-bond acceptors (Lipinski definition) is 3. The summed E-state index contributed by atoms with van der Waals surface area (Å²) >= 11 is 2.00. The summed E-state index contributed by atoms with van der Waals surface area (Å²) in [4.78, 5) is 5.82. The predicted molar refractivity (Wildman–Crippen MR) is 87.1 cm³/mol. The van der Waals surface area contributed by atoms with Gasteiger partial charge in [0.05, 0.1) is 0 Å². The van der Waals surface area contributed by atoms with Crippen molar-refractivity contribution >= 4 is 11.3 Å². The van der Waals surface area contributed by atoms with Gasteiger partial charge in [0.2, 0.25) is 0 Å². The van der Waals surface area contributed by atoms with Gasteiger partial charge in [0, 0.05) is 28.9 Å². The van der Waals surface area contributed by atoms with Crippen LogP contribution in [0.4, 0.5) is 0 Å². The standard InChI is InChI=1S/C17H28N2S/c1-2-18-12-15-9-10-16(20-15)13-19-11-5-8-17(19)14-6-3-4-7-14/h9-10,14,17-18H,2-8,11-13H2,1H3. The highest BCUT2D eigenvalue weighted by atomic mass is 32.1. The number of hydrogen-bond donors (Lipinski definition) is 1. The Kier molecular flexibility index (Phi) is 5.14. The van der Waals surface area contributed by atoms with Crippen molar-refractivity contribution in [2.24, 2.45) is 5.92 Å². The molecule has 112 valence electrons. The van der Waals surface area contributed by atoms with Crippen molar-refractivity contribution < 1.29 is 0 Å². The third-order valence-corrected chi connectivity index (χ3v) is 6.05. The van der Waals surface area contributed by atoms with Crippen LogP contribution in [0.5, 0.6) is 0 Å². The van der Waals surface area contributed by atoms with Crippen LogP contribution in [0.2, 0.25) is 0 Å². The van der Waals surface area contributed by atoms with Gasteiger partial charge in [0.15, 0.2) is 0 Å². The quantitative estimate of drug-likeness (QED) is 0.852. The highest BCUT2D eigenvalue weighted by Gasteiger charge is 2.33. The van der Waals surface area contributed by atoms with Gasteiger partial charge < -0.3 is 5.32 Å². The lowest BCUT2D eigenvalue weighted by Crippen LogP contribution is -2.33. The summed E-state index contributed by atoms with van der Waals surface area (Å²) in [5.74, 6) is 0.999. The van der Waals surface area contributed by atoms with E-state index >= 15 is 0 Å². The maximum Gasteiger partial charge on any atom is 0.0331 e. The molecule has 1 aliphatic carbocycles. The van der Waals surface area contributed by atoms with Crippen molar-refractivity contribution in [1.29, 1.82) is 0 Å². The maximum atomic E-state index is 3.42. The molecule has 1 aromatic heterocycles. The summed E-state index contributed by atoms with van der Waals surface area (Å²) in [5.41, 5.74) is 0. The summed E-state index contributed by atoms with van der Waals surface area (Å²) in [5, 5.41) is 3.42. The third-order valence-electron chi connectivity index (χ3n) is 4.98. The molecular formula is C17H28N2S. The molecular weight excluding hydrogens is 264 g/mol. The average molecular weight is 292 g/mol. The molecule has 2 aliphatic rings. The lowest BCUT2D eigenvalue weighted by molar-refractivity contribution is 0.184. The topological polar surface area (TPSA) is 15.3 Å². The van der Waals surface area contributed by atoms with E-state index in [0.717, 1.165) is 25.0 Å². The Morgan fingerprint density at radius 2 is 1.95 bits per heavy atom. The van der Waals surface area contributed by atoms with Gasteiger partial charge in [-0.3, -0.25) is 4.90 Å². The van der Waals surface area contributed by atoms with Gasteiger partial charge in [0.1, 0.15) is 0 Å². The van der Waals surface area contributed by atoms with Crippen LogP contribution in [0.3, 0.4) is 0 Å². The fourth-order valence-electron chi connectivity index (χ4n) is 3.97. The van der Waals surface area contributed by atoms with Crippen LogP contribution < -0.4 is 5.32 Å². The number of nitrogens with one attached hydrogen (secondary N) is 1. The van der Waals surface area contributed by atoms with E-state index in [9.17, 15) is 0 Å². The number of likely N-dealkylation sites (tertiary alicyclic amines) is 1. The van der Waals surface area contributed by atoms with Crippen molar-refractivity contribution in [2.75, 3.05) is 13.1 Å². The molecule has 1 saturated heterocycles. The van der Waals surface area contributed by atoms with E-state index in [-0.39, 0.29) is 0 Å². The highest BCUT2D eigenvalue weighted by molar-refractivity contribution is 7.11. The van der Waals surface area contributed by atoms with Crippen LogP contribution in [-0.2, 0) is 13.1 Å². The zero-order valence-electron chi connectivity index (χ0n) is 12.7. The first-order chi connectivity index (χ1) is 9.86. The molecule has 3 heteroatoms. The lowest BCUT2D eigenvalue weighted by atomic mass is 9.96. The van der Waals surface area contributed by atoms with E-state index in [0.29, 0.717) is 0 Å². The van der Waals surface area contributed by atoms with E-state index in [2.05, 4.69) is 29.3 Å². The van der Waals surface area contributed by atoms with Gasteiger partial charge in [-0.1, -0.05) is 19.8 Å². The molecule has 1 N–H and O–H groups in total. The van der Waals surface area contributed by atoms with E-state index in [1.54, 1.807) is 4.88 Å². The van der Waals surface area contributed by atoms with Gasteiger partial charge in [0.25, 0.3) is 0 Å². The van der Waals surface area contributed by atoms with Crippen LogP contribution in [0, 0.1) is 5.92 Å². The van der Waals surface area contributed by atoms with Gasteiger partial charge >= 0.3 is 0 Å². The second kappa shape index (κ2) is 7.06. The van der Waals surface area contributed by atoms with Crippen LogP contribution in [0.1, 0.15) is 55.2 Å². The predicted octanol–water partition coefficient (Wildman–Crippen LogP) is 4.01. The van der Waals surface area contributed by atoms with Crippen molar-refractivity contribution in [1.82, 2.24) is 10.2 Å². The molecule has 1 aliphatic heterocycles. The molecule has 0 aromatic carbocycles. The van der Waals surface area contributed by atoms with Crippen molar-refractivity contribution in [3.05, 3.63) is 21.9 Å². The van der Waals surface area contributed by atoms with Crippen molar-refractivity contribution in [3.63, 3.8) is 0 Å². The summed E-state index contributed by atoms with van der Waals surface area (Å²) < 4.78 is 0. The molecule has 1 atom stereocenters. The van der Waals surface area contributed by atoms with Gasteiger partial charge in [-0.2, -0.15) is 0 Å². The fourth-order valence-corrected chi connectivity index (χ4v) is 4.99. The zero-order valence-corrected chi connectivity index (χ0v) is 13.6. The summed E-state index contributed by atoms with van der Waals surface area (Å²) in [7, 11) is 0. The van der Waals surface area contributed by atoms with Gasteiger partial charge in [-0.15, -0.1) is 11.3 Å². The molecule has 1 aromatic rings. The molecule has 2 heterocycles. The monoisotopic (exact) mass is 292 g/mol. The second-order valence-corrected chi connectivity index (χ2v) is 7.63.